The van der Waals surface area contributed by atoms with Crippen molar-refractivity contribution in [2.75, 3.05) is 41.0 Å². The minimum atomic E-state index is -0.995. The second-order valence-corrected chi connectivity index (χ2v) is 16.7. The first-order chi connectivity index (χ1) is 35.2. The van der Waals surface area contributed by atoms with Gasteiger partial charge in [-0.3, -0.25) is 40.0 Å². The number of benzene rings is 6. The summed E-state index contributed by atoms with van der Waals surface area (Å²) in [5, 5.41) is 42.3. The summed E-state index contributed by atoms with van der Waals surface area (Å²) in [7, 11) is 0. The van der Waals surface area contributed by atoms with Crippen LogP contribution in [0, 0.1) is 27.7 Å². The number of anilines is 6. The van der Waals surface area contributed by atoms with E-state index < -0.39 is 41.4 Å². The van der Waals surface area contributed by atoms with Gasteiger partial charge < -0.3 is 53.7 Å². The summed E-state index contributed by atoms with van der Waals surface area (Å²) < 4.78 is 15.7. The van der Waals surface area contributed by atoms with E-state index in [1.807, 2.05) is 0 Å². The van der Waals surface area contributed by atoms with Crippen molar-refractivity contribution in [1.29, 1.82) is 0 Å². The molecule has 24 nitrogen and oxygen atoms in total. The van der Waals surface area contributed by atoms with Gasteiger partial charge >= 0.3 is 11.9 Å². The third-order valence-electron chi connectivity index (χ3n) is 10.4. The maximum Gasteiger partial charge on any atom is 0.345 e. The average Bonchev–Trinajstić information content (AvgIpc) is 3.84. The molecule has 0 saturated heterocycles. The number of nitrogens with one attached hydrogen (secondary N) is 4. The predicted octanol–water partition coefficient (Wildman–Crippen LogP) is 5.24. The van der Waals surface area contributed by atoms with Gasteiger partial charge in [0.05, 0.1) is 6.61 Å². The Morgan fingerprint density at radius 2 is 0.867 bits per heavy atom. The van der Waals surface area contributed by atoms with Crippen LogP contribution in [-0.4, -0.2) is 73.9 Å². The molecule has 398 valence electrons. The molecule has 0 radical (unpaired) electrons. The van der Waals surface area contributed by atoms with Crippen LogP contribution in [0.2, 0.25) is 0 Å². The number of nitrogen functional groups attached to an aromatic ring is 6. The van der Waals surface area contributed by atoms with Gasteiger partial charge in [-0.15, -0.1) is 0 Å². The van der Waals surface area contributed by atoms with Crippen molar-refractivity contribution >= 4 is 69.7 Å². The van der Waals surface area contributed by atoms with Crippen molar-refractivity contribution in [3.8, 4) is 11.5 Å². The van der Waals surface area contributed by atoms with Gasteiger partial charge in [-0.25, -0.2) is 31.5 Å². The number of fused-ring (bicyclic) bond motifs is 2. The minimum absolute atomic E-state index is 0.160. The molecule has 6 aromatic rings. The number of carbonyl (C=O) groups is 6. The number of hydrogen-bond donors (Lipinski definition) is 15. The Balaban J connectivity index is 0.000000237. The lowest BCUT2D eigenvalue weighted by atomic mass is 10.1. The molecule has 2 heterocycles. The number of hydrogen-bond acceptors (Lipinski definition) is 19. The van der Waals surface area contributed by atoms with Crippen LogP contribution in [0.15, 0.2) is 103 Å². The van der Waals surface area contributed by atoms with Gasteiger partial charge in [-0.2, -0.15) is 0 Å². The van der Waals surface area contributed by atoms with Crippen LogP contribution >= 0.6 is 0 Å². The SMILES string of the molecule is CC1(C)OC(=O)c2cc(N)ccc2O1.Cc1cc(N)ccc1C(=O)NO.Cc1ccc(N)cc1C(=O)NO.Cc1ccc(N)cc1C(=O)NO.Cc1ccc(N)cc1C(=O)NO.Nc1cc2c(c(C(=O)O)c1)OCC2. The molecule has 21 N–H and O–H groups in total. The maximum absolute atomic E-state index is 11.5. The Hall–Kier alpha value is -9.62. The summed E-state index contributed by atoms with van der Waals surface area (Å²) in [5.74, 6) is -3.46. The highest BCUT2D eigenvalue weighted by Gasteiger charge is 2.33. The Labute approximate surface area is 430 Å². The van der Waals surface area contributed by atoms with Crippen LogP contribution in [0.4, 0.5) is 34.1 Å². The first kappa shape index (κ1) is 59.7. The highest BCUT2D eigenvalue weighted by Crippen LogP contribution is 2.33. The van der Waals surface area contributed by atoms with Crippen LogP contribution in [0.5, 0.6) is 11.5 Å². The molecule has 0 fully saturated rings. The lowest BCUT2D eigenvalue weighted by Crippen LogP contribution is -2.38. The smallest absolute Gasteiger partial charge is 0.345 e. The van der Waals surface area contributed by atoms with Crippen LogP contribution in [0.25, 0.3) is 0 Å². The number of esters is 1. The van der Waals surface area contributed by atoms with Crippen LogP contribution in [0.1, 0.15) is 104 Å². The highest BCUT2D eigenvalue weighted by atomic mass is 16.7. The third-order valence-corrected chi connectivity index (χ3v) is 10.4. The van der Waals surface area contributed by atoms with Gasteiger partial charge in [0.2, 0.25) is 5.79 Å². The second kappa shape index (κ2) is 27.3. The van der Waals surface area contributed by atoms with Crippen LogP contribution < -0.4 is 65.8 Å². The number of carbonyl (C=O) groups excluding carboxylic acids is 5. The van der Waals surface area contributed by atoms with E-state index in [-0.39, 0.29) is 5.56 Å². The monoisotopic (exact) mass is 1040 g/mol. The van der Waals surface area contributed by atoms with Crippen molar-refractivity contribution in [3.05, 3.63) is 164 Å². The Bertz CT molecular complexity index is 2910. The van der Waals surface area contributed by atoms with Crippen LogP contribution in [0.3, 0.4) is 0 Å². The first-order valence-electron chi connectivity index (χ1n) is 22.1. The van der Waals surface area contributed by atoms with E-state index in [0.717, 1.165) is 34.2 Å². The molecular formula is C51H60N10O14. The topological polar surface area (TPSA) is 435 Å². The van der Waals surface area contributed by atoms with E-state index >= 15 is 0 Å². The number of aromatic carboxylic acids is 1. The van der Waals surface area contributed by atoms with E-state index in [1.165, 1.54) is 24.3 Å². The minimum Gasteiger partial charge on any atom is -0.492 e. The standard InChI is InChI=1S/C10H11NO3.C9H9NO3.4C8H10N2O2/c1-10(2)13-8-4-3-6(11)5-7(8)9(12)14-10;10-6-3-5-1-2-13-8(5)7(4-6)9(11)12;1-5-4-6(9)2-3-7(5)8(11)10-12;3*1-5-2-3-6(9)4-7(5)8(11)10-12/h3-5H,11H2,1-2H3;3-4H,1-2,10H2,(H,11,12);4*2-4,12H,9H2,1H3,(H,10,11). The number of carboxylic acids is 1. The Morgan fingerprint density at radius 1 is 0.480 bits per heavy atom. The molecule has 75 heavy (non-hydrogen) atoms. The quantitative estimate of drug-likeness (QED) is 0.0454. The van der Waals surface area contributed by atoms with E-state index in [0.29, 0.717) is 80.0 Å². The third kappa shape index (κ3) is 17.6. The van der Waals surface area contributed by atoms with Crippen molar-refractivity contribution in [2.45, 2.75) is 53.8 Å². The van der Waals surface area contributed by atoms with Gasteiger partial charge in [0.1, 0.15) is 22.6 Å². The van der Waals surface area contributed by atoms with Crippen molar-refractivity contribution < 1.29 is 68.9 Å². The van der Waals surface area contributed by atoms with E-state index in [2.05, 4.69) is 0 Å². The molecular weight excluding hydrogens is 977 g/mol. The molecule has 0 saturated carbocycles. The summed E-state index contributed by atoms with van der Waals surface area (Å²) in [6.45, 7) is 11.0. The molecule has 6 aromatic carbocycles. The molecule has 8 rings (SSSR count). The molecule has 4 amide bonds. The maximum atomic E-state index is 11.5. The fourth-order valence-corrected chi connectivity index (χ4v) is 6.69. The summed E-state index contributed by atoms with van der Waals surface area (Å²) in [5.41, 5.74) is 48.3. The lowest BCUT2D eigenvalue weighted by Gasteiger charge is -2.31. The number of rotatable bonds is 5. The van der Waals surface area contributed by atoms with Gasteiger partial charge in [0, 0.05) is 82.2 Å². The number of cyclic esters (lactones) is 1. The number of hydroxylamine groups is 4. The van der Waals surface area contributed by atoms with Gasteiger partial charge in [0.25, 0.3) is 23.6 Å². The second-order valence-electron chi connectivity index (χ2n) is 16.7. The van der Waals surface area contributed by atoms with Gasteiger partial charge in [-0.1, -0.05) is 18.2 Å². The fourth-order valence-electron chi connectivity index (χ4n) is 6.69. The Kier molecular flexibility index (Phi) is 21.7. The van der Waals surface area contributed by atoms with Gasteiger partial charge in [-0.05, 0) is 135 Å². The molecule has 2 aliphatic rings. The largest absolute Gasteiger partial charge is 0.492 e. The molecule has 0 unspecified atom stereocenters. The van der Waals surface area contributed by atoms with Gasteiger partial charge in [0.15, 0.2) is 0 Å². The zero-order valence-electron chi connectivity index (χ0n) is 41.6. The molecule has 0 spiro atoms. The summed E-state index contributed by atoms with van der Waals surface area (Å²) in [6.07, 6.45) is 0.737. The number of nitrogens with two attached hydrogens (primary N) is 6. The number of ether oxygens (including phenoxy) is 3. The normalized spacial score (nSPS) is 11.8. The highest BCUT2D eigenvalue weighted by molar-refractivity contribution is 5.98. The van der Waals surface area contributed by atoms with Crippen LogP contribution in [-0.2, 0) is 11.2 Å². The predicted molar refractivity (Wildman–Crippen MR) is 277 cm³/mol. The summed E-state index contributed by atoms with van der Waals surface area (Å²) in [4.78, 5) is 66.1. The van der Waals surface area contributed by atoms with Crippen molar-refractivity contribution in [3.63, 3.8) is 0 Å². The number of carboxylic acid groups (broad SMARTS) is 1. The fraction of sp³-hybridized carbons (Fsp3) is 0.176. The lowest BCUT2D eigenvalue weighted by molar-refractivity contribution is -0.127. The Morgan fingerprint density at radius 3 is 1.29 bits per heavy atom. The van der Waals surface area contributed by atoms with Crippen molar-refractivity contribution in [1.82, 2.24) is 21.9 Å². The summed E-state index contributed by atoms with van der Waals surface area (Å²) >= 11 is 0. The molecule has 0 aliphatic carbocycles. The molecule has 0 atom stereocenters. The molecule has 2 aliphatic heterocycles. The first-order valence-corrected chi connectivity index (χ1v) is 22.1. The molecule has 0 bridgehead atoms. The number of amides is 4. The van der Waals surface area contributed by atoms with E-state index in [1.54, 1.807) is 142 Å². The molecule has 24 heteroatoms. The average molecular weight is 1040 g/mol. The van der Waals surface area contributed by atoms with E-state index in [4.69, 9.17) is 74.5 Å². The summed E-state index contributed by atoms with van der Waals surface area (Å²) in [6, 6.07) is 27.7. The molecule has 0 aromatic heterocycles. The van der Waals surface area contributed by atoms with E-state index in [9.17, 15) is 28.8 Å². The van der Waals surface area contributed by atoms with Crippen molar-refractivity contribution in [2.24, 2.45) is 0 Å². The number of aryl methyl sites for hydroxylation is 4. The zero-order chi connectivity index (χ0) is 56.3. The zero-order valence-corrected chi connectivity index (χ0v) is 41.6.